The number of nitrogens with two attached hydrogens (primary N) is 1. The topological polar surface area (TPSA) is 114 Å². The quantitative estimate of drug-likeness (QED) is 0.678. The first-order chi connectivity index (χ1) is 7.99. The predicted octanol–water partition coefficient (Wildman–Crippen LogP) is -1.29. The Morgan fingerprint density at radius 2 is 2.24 bits per heavy atom. The SMILES string of the molecule is C[C@@H](N)C(=O)N1CC(n2cc(C(=O)O)nn2)C1. The molecular formula is C9H13N5O3. The molecule has 3 N–H and O–H groups in total. The molecule has 2 heterocycles. The minimum absolute atomic E-state index is 0.0155. The largest absolute Gasteiger partial charge is 0.476 e. The summed E-state index contributed by atoms with van der Waals surface area (Å²) in [4.78, 5) is 23.7. The molecule has 17 heavy (non-hydrogen) atoms. The lowest BCUT2D eigenvalue weighted by atomic mass is 10.1. The third kappa shape index (κ3) is 2.11. The fourth-order valence-electron chi connectivity index (χ4n) is 1.64. The van der Waals surface area contributed by atoms with Crippen LogP contribution in [0.2, 0.25) is 0 Å². The average molecular weight is 239 g/mol. The van der Waals surface area contributed by atoms with Gasteiger partial charge in [0.1, 0.15) is 0 Å². The Morgan fingerprint density at radius 3 is 2.71 bits per heavy atom. The molecule has 2 rings (SSSR count). The molecule has 0 bridgehead atoms. The molecule has 0 aromatic carbocycles. The average Bonchev–Trinajstić information content (AvgIpc) is 2.64. The van der Waals surface area contributed by atoms with Crippen molar-refractivity contribution in [1.82, 2.24) is 19.9 Å². The lowest BCUT2D eigenvalue weighted by molar-refractivity contribution is -0.138. The number of likely N-dealkylation sites (tertiary alicyclic amines) is 1. The number of aromatic carboxylic acids is 1. The van der Waals surface area contributed by atoms with E-state index in [1.54, 1.807) is 11.8 Å². The van der Waals surface area contributed by atoms with Gasteiger partial charge in [-0.1, -0.05) is 5.21 Å². The van der Waals surface area contributed by atoms with Gasteiger partial charge in [-0.2, -0.15) is 0 Å². The number of carbonyl (C=O) groups excluding carboxylic acids is 1. The van der Waals surface area contributed by atoms with Crippen LogP contribution in [0.15, 0.2) is 6.20 Å². The summed E-state index contributed by atoms with van der Waals surface area (Å²) in [5.41, 5.74) is 5.38. The molecule has 8 heteroatoms. The van der Waals surface area contributed by atoms with E-state index in [0.29, 0.717) is 13.1 Å². The summed E-state index contributed by atoms with van der Waals surface area (Å²) >= 11 is 0. The highest BCUT2D eigenvalue weighted by Gasteiger charge is 2.34. The fraction of sp³-hybridized carbons (Fsp3) is 0.556. The van der Waals surface area contributed by atoms with Gasteiger partial charge in [-0.25, -0.2) is 9.48 Å². The van der Waals surface area contributed by atoms with E-state index in [2.05, 4.69) is 10.3 Å². The molecule has 1 atom stereocenters. The van der Waals surface area contributed by atoms with E-state index in [1.165, 1.54) is 10.9 Å². The number of nitrogens with zero attached hydrogens (tertiary/aromatic N) is 4. The van der Waals surface area contributed by atoms with Crippen LogP contribution in [0, 0.1) is 0 Å². The van der Waals surface area contributed by atoms with Crippen molar-refractivity contribution < 1.29 is 14.7 Å². The predicted molar refractivity (Wildman–Crippen MR) is 56.2 cm³/mol. The van der Waals surface area contributed by atoms with E-state index in [4.69, 9.17) is 10.8 Å². The summed E-state index contributed by atoms with van der Waals surface area (Å²) in [6, 6.07) is -0.528. The van der Waals surface area contributed by atoms with Crippen LogP contribution in [0.5, 0.6) is 0 Å². The van der Waals surface area contributed by atoms with Gasteiger partial charge in [0.2, 0.25) is 5.91 Å². The second-order valence-corrected chi connectivity index (χ2v) is 4.07. The van der Waals surface area contributed by atoms with Gasteiger partial charge in [-0.3, -0.25) is 4.79 Å². The van der Waals surface area contributed by atoms with Crippen LogP contribution in [0.3, 0.4) is 0 Å². The van der Waals surface area contributed by atoms with Gasteiger partial charge >= 0.3 is 5.97 Å². The molecule has 8 nitrogen and oxygen atoms in total. The first kappa shape index (κ1) is 11.5. The zero-order valence-electron chi connectivity index (χ0n) is 9.28. The van der Waals surface area contributed by atoms with Crippen molar-refractivity contribution in [3.8, 4) is 0 Å². The van der Waals surface area contributed by atoms with Crippen molar-refractivity contribution in [3.63, 3.8) is 0 Å². The van der Waals surface area contributed by atoms with Gasteiger partial charge < -0.3 is 15.7 Å². The van der Waals surface area contributed by atoms with Crippen LogP contribution >= 0.6 is 0 Å². The molecule has 1 amide bonds. The summed E-state index contributed by atoms with van der Waals surface area (Å²) in [5, 5.41) is 15.9. The monoisotopic (exact) mass is 239 g/mol. The van der Waals surface area contributed by atoms with Crippen molar-refractivity contribution >= 4 is 11.9 Å². The van der Waals surface area contributed by atoms with Crippen LogP contribution < -0.4 is 5.73 Å². The highest BCUT2D eigenvalue weighted by molar-refractivity contribution is 5.84. The normalized spacial score (nSPS) is 17.6. The lowest BCUT2D eigenvalue weighted by Crippen LogP contribution is -2.55. The highest BCUT2D eigenvalue weighted by atomic mass is 16.4. The fourth-order valence-corrected chi connectivity index (χ4v) is 1.64. The van der Waals surface area contributed by atoms with E-state index in [0.717, 1.165) is 0 Å². The van der Waals surface area contributed by atoms with Crippen LogP contribution in [-0.4, -0.2) is 56.0 Å². The first-order valence-corrected chi connectivity index (χ1v) is 5.18. The smallest absolute Gasteiger partial charge is 0.358 e. The third-order valence-corrected chi connectivity index (χ3v) is 2.67. The Kier molecular flexibility index (Phi) is 2.80. The molecule has 0 unspecified atom stereocenters. The van der Waals surface area contributed by atoms with E-state index < -0.39 is 12.0 Å². The number of hydrogen-bond acceptors (Lipinski definition) is 5. The number of rotatable bonds is 3. The minimum Gasteiger partial charge on any atom is -0.476 e. The molecule has 1 aromatic heterocycles. The van der Waals surface area contributed by atoms with Crippen LogP contribution in [0.25, 0.3) is 0 Å². The summed E-state index contributed by atoms with van der Waals surface area (Å²) in [6.07, 6.45) is 1.36. The van der Waals surface area contributed by atoms with E-state index in [1.807, 2.05) is 0 Å². The zero-order chi connectivity index (χ0) is 12.6. The highest BCUT2D eigenvalue weighted by Crippen LogP contribution is 2.20. The summed E-state index contributed by atoms with van der Waals surface area (Å²) < 4.78 is 1.47. The Labute approximate surface area is 97.0 Å². The summed E-state index contributed by atoms with van der Waals surface area (Å²) in [6.45, 7) is 2.61. The molecule has 0 saturated carbocycles. The van der Waals surface area contributed by atoms with Crippen LogP contribution in [-0.2, 0) is 4.79 Å². The molecule has 1 aliphatic heterocycles. The molecule has 1 saturated heterocycles. The second-order valence-electron chi connectivity index (χ2n) is 4.07. The van der Waals surface area contributed by atoms with Crippen molar-refractivity contribution in [2.75, 3.05) is 13.1 Å². The number of carbonyl (C=O) groups is 2. The van der Waals surface area contributed by atoms with Gasteiger partial charge in [-0.05, 0) is 6.92 Å². The maximum Gasteiger partial charge on any atom is 0.358 e. The summed E-state index contributed by atoms with van der Waals surface area (Å²) in [7, 11) is 0. The molecule has 1 aromatic rings. The van der Waals surface area contributed by atoms with Crippen LogP contribution in [0.4, 0.5) is 0 Å². The molecule has 1 fully saturated rings. The van der Waals surface area contributed by atoms with Gasteiger partial charge in [0.15, 0.2) is 5.69 Å². The third-order valence-electron chi connectivity index (χ3n) is 2.67. The Bertz CT molecular complexity index is 449. The standard InChI is InChI=1S/C9H13N5O3/c1-5(10)8(15)13-2-6(3-13)14-4-7(9(16)17)11-12-14/h4-6H,2-3,10H2,1H3,(H,16,17)/t5-/m1/s1. The maximum atomic E-state index is 11.5. The molecule has 0 radical (unpaired) electrons. The molecule has 0 spiro atoms. The van der Waals surface area contributed by atoms with E-state index in [-0.39, 0.29) is 17.6 Å². The van der Waals surface area contributed by atoms with Crippen molar-refractivity contribution in [3.05, 3.63) is 11.9 Å². The van der Waals surface area contributed by atoms with Gasteiger partial charge in [0, 0.05) is 13.1 Å². The number of aromatic nitrogens is 3. The first-order valence-electron chi connectivity index (χ1n) is 5.18. The molecular weight excluding hydrogens is 226 g/mol. The van der Waals surface area contributed by atoms with Crippen LogP contribution in [0.1, 0.15) is 23.5 Å². The maximum absolute atomic E-state index is 11.5. The second kappa shape index (κ2) is 4.13. The Morgan fingerprint density at radius 1 is 1.59 bits per heavy atom. The lowest BCUT2D eigenvalue weighted by Gasteiger charge is -2.39. The van der Waals surface area contributed by atoms with E-state index in [9.17, 15) is 9.59 Å². The number of amides is 1. The van der Waals surface area contributed by atoms with E-state index >= 15 is 0 Å². The number of carboxylic acid groups (broad SMARTS) is 1. The minimum atomic E-state index is -1.11. The molecule has 1 aliphatic rings. The molecule has 0 aliphatic carbocycles. The number of hydrogen-bond donors (Lipinski definition) is 2. The van der Waals surface area contributed by atoms with Gasteiger partial charge in [-0.15, -0.1) is 5.10 Å². The van der Waals surface area contributed by atoms with Gasteiger partial charge in [0.25, 0.3) is 0 Å². The van der Waals surface area contributed by atoms with Gasteiger partial charge in [0.05, 0.1) is 18.3 Å². The Balaban J connectivity index is 1.95. The Hall–Kier alpha value is -1.96. The zero-order valence-corrected chi connectivity index (χ0v) is 9.28. The molecule has 92 valence electrons. The number of carboxylic acids is 1. The van der Waals surface area contributed by atoms with Crippen molar-refractivity contribution in [2.24, 2.45) is 5.73 Å². The van der Waals surface area contributed by atoms with Crippen molar-refractivity contribution in [1.29, 1.82) is 0 Å². The summed E-state index contributed by atoms with van der Waals surface area (Å²) in [5.74, 6) is -1.22. The van der Waals surface area contributed by atoms with Crippen molar-refractivity contribution in [2.45, 2.75) is 19.0 Å².